The summed E-state index contributed by atoms with van der Waals surface area (Å²) in [6, 6.07) is 11.5. The van der Waals surface area contributed by atoms with E-state index in [1.807, 2.05) is 30.3 Å². The van der Waals surface area contributed by atoms with Crippen molar-refractivity contribution in [2.24, 2.45) is 10.7 Å². The highest BCUT2D eigenvalue weighted by Gasteiger charge is 2.12. The second kappa shape index (κ2) is 9.04. The Balaban J connectivity index is 1.64. The fraction of sp³-hybridized carbons (Fsp3) is 0.333. The summed E-state index contributed by atoms with van der Waals surface area (Å²) in [5.41, 5.74) is 7.30. The quantitative estimate of drug-likeness (QED) is 0.338. The lowest BCUT2D eigenvalue weighted by Crippen LogP contribution is -2.34. The summed E-state index contributed by atoms with van der Waals surface area (Å²) in [7, 11) is -3.46. The fourth-order valence-electron chi connectivity index (χ4n) is 1.97. The Morgan fingerprint density at radius 2 is 2.00 bits per heavy atom. The number of aromatic nitrogens is 1. The number of nitrogens with two attached hydrogens (primary N) is 1. The molecule has 0 unspecified atom stereocenters. The van der Waals surface area contributed by atoms with E-state index < -0.39 is 10.0 Å². The number of rotatable bonds is 9. The van der Waals surface area contributed by atoms with Crippen LogP contribution in [0.2, 0.25) is 0 Å². The Bertz CT molecular complexity index is 730. The predicted molar refractivity (Wildman–Crippen MR) is 91.8 cm³/mol. The van der Waals surface area contributed by atoms with Gasteiger partial charge in [0.2, 0.25) is 10.0 Å². The molecule has 9 heteroatoms. The molecule has 0 saturated heterocycles. The Morgan fingerprint density at radius 3 is 2.71 bits per heavy atom. The third kappa shape index (κ3) is 6.80. The maximum atomic E-state index is 11.8. The first-order valence-corrected chi connectivity index (χ1v) is 9.15. The van der Waals surface area contributed by atoms with Gasteiger partial charge in [-0.3, -0.25) is 4.99 Å². The summed E-state index contributed by atoms with van der Waals surface area (Å²) < 4.78 is 30.6. The third-order valence-corrected chi connectivity index (χ3v) is 4.43. The third-order valence-electron chi connectivity index (χ3n) is 3.11. The van der Waals surface area contributed by atoms with Gasteiger partial charge < -0.3 is 15.6 Å². The van der Waals surface area contributed by atoms with Crippen molar-refractivity contribution < 1.29 is 12.9 Å². The van der Waals surface area contributed by atoms with E-state index in [-0.39, 0.29) is 18.8 Å². The highest BCUT2D eigenvalue weighted by molar-refractivity contribution is 7.88. The number of sulfonamides is 1. The van der Waals surface area contributed by atoms with Crippen molar-refractivity contribution in [3.05, 3.63) is 53.9 Å². The van der Waals surface area contributed by atoms with Crippen LogP contribution in [0.3, 0.4) is 0 Å². The second-order valence-corrected chi connectivity index (χ2v) is 6.88. The maximum Gasteiger partial charge on any atom is 0.217 e. The zero-order valence-corrected chi connectivity index (χ0v) is 14.0. The minimum Gasteiger partial charge on any atom is -0.370 e. The topological polar surface area (TPSA) is 123 Å². The van der Waals surface area contributed by atoms with Crippen molar-refractivity contribution in [2.75, 3.05) is 19.6 Å². The minimum absolute atomic E-state index is 0.168. The van der Waals surface area contributed by atoms with Crippen LogP contribution in [0.5, 0.6) is 0 Å². The van der Waals surface area contributed by atoms with E-state index in [2.05, 4.69) is 24.7 Å². The molecule has 2 rings (SSSR count). The van der Waals surface area contributed by atoms with Crippen LogP contribution in [0.1, 0.15) is 11.3 Å². The average Bonchev–Trinajstić information content (AvgIpc) is 3.05. The van der Waals surface area contributed by atoms with Crippen molar-refractivity contribution in [3.8, 4) is 0 Å². The van der Waals surface area contributed by atoms with E-state index >= 15 is 0 Å². The number of nitrogens with one attached hydrogen (secondary N) is 2. The molecule has 0 spiro atoms. The van der Waals surface area contributed by atoms with Gasteiger partial charge in [-0.2, -0.15) is 0 Å². The van der Waals surface area contributed by atoms with E-state index in [1.165, 1.54) is 17.9 Å². The summed E-state index contributed by atoms with van der Waals surface area (Å²) in [5.74, 6) is 0.0690. The first kappa shape index (κ1) is 18.0. The molecule has 4 N–H and O–H groups in total. The number of hydrogen-bond acceptors (Lipinski definition) is 5. The molecule has 0 bridgehead atoms. The average molecular weight is 351 g/mol. The molecule has 1 aromatic heterocycles. The SMILES string of the molecule is NC(=NCCNS(=O)(=O)Cc1ccon1)NCCc1ccccc1. The normalized spacial score (nSPS) is 12.2. The van der Waals surface area contributed by atoms with Crippen LogP contribution in [0.15, 0.2) is 52.2 Å². The lowest BCUT2D eigenvalue weighted by molar-refractivity contribution is 0.413. The summed E-state index contributed by atoms with van der Waals surface area (Å²) in [6.07, 6.45) is 2.17. The van der Waals surface area contributed by atoms with E-state index in [0.717, 1.165) is 6.42 Å². The van der Waals surface area contributed by atoms with Crippen LogP contribution < -0.4 is 15.8 Å². The first-order valence-electron chi connectivity index (χ1n) is 7.49. The molecule has 0 aliphatic carbocycles. The summed E-state index contributed by atoms with van der Waals surface area (Å²) in [5, 5.41) is 6.56. The Kier molecular flexibility index (Phi) is 6.76. The number of aliphatic imine (C=N–C) groups is 1. The molecule has 2 aromatic rings. The Morgan fingerprint density at radius 1 is 1.21 bits per heavy atom. The molecule has 0 saturated carbocycles. The molecule has 1 heterocycles. The Labute approximate surface area is 141 Å². The van der Waals surface area contributed by atoms with Crippen LogP contribution >= 0.6 is 0 Å². The van der Waals surface area contributed by atoms with Gasteiger partial charge in [0.15, 0.2) is 5.96 Å². The van der Waals surface area contributed by atoms with Gasteiger partial charge in [0, 0.05) is 19.2 Å². The fourth-order valence-corrected chi connectivity index (χ4v) is 3.01. The number of benzene rings is 1. The van der Waals surface area contributed by atoms with Gasteiger partial charge in [-0.05, 0) is 12.0 Å². The first-order chi connectivity index (χ1) is 11.6. The van der Waals surface area contributed by atoms with E-state index in [9.17, 15) is 8.42 Å². The highest BCUT2D eigenvalue weighted by atomic mass is 32.2. The van der Waals surface area contributed by atoms with Gasteiger partial charge in [0.25, 0.3) is 0 Å². The van der Waals surface area contributed by atoms with Gasteiger partial charge in [0.1, 0.15) is 12.0 Å². The molecule has 0 aliphatic heterocycles. The zero-order chi connectivity index (χ0) is 17.3. The van der Waals surface area contributed by atoms with E-state index in [0.29, 0.717) is 18.2 Å². The molecule has 24 heavy (non-hydrogen) atoms. The Hall–Kier alpha value is -2.39. The van der Waals surface area contributed by atoms with Crippen molar-refractivity contribution in [2.45, 2.75) is 12.2 Å². The van der Waals surface area contributed by atoms with Crippen LogP contribution in [0, 0.1) is 0 Å². The van der Waals surface area contributed by atoms with Crippen LogP contribution in [-0.2, 0) is 22.2 Å². The molecular formula is C15H21N5O3S. The molecule has 0 aliphatic rings. The molecule has 130 valence electrons. The lowest BCUT2D eigenvalue weighted by atomic mass is 10.1. The van der Waals surface area contributed by atoms with E-state index in [1.54, 1.807) is 0 Å². The summed E-state index contributed by atoms with van der Waals surface area (Å²) in [6.45, 7) is 1.08. The van der Waals surface area contributed by atoms with Crippen molar-refractivity contribution >= 4 is 16.0 Å². The second-order valence-electron chi connectivity index (χ2n) is 5.07. The van der Waals surface area contributed by atoms with Gasteiger partial charge in [0.05, 0.1) is 12.2 Å². The summed E-state index contributed by atoms with van der Waals surface area (Å²) in [4.78, 5) is 4.08. The number of hydrogen-bond donors (Lipinski definition) is 3. The molecule has 0 radical (unpaired) electrons. The zero-order valence-electron chi connectivity index (χ0n) is 13.2. The monoisotopic (exact) mass is 351 g/mol. The molecule has 0 fully saturated rings. The van der Waals surface area contributed by atoms with Crippen LogP contribution in [-0.4, -0.2) is 39.2 Å². The molecular weight excluding hydrogens is 330 g/mol. The maximum absolute atomic E-state index is 11.8. The molecule has 0 amide bonds. The lowest BCUT2D eigenvalue weighted by Gasteiger charge is -2.06. The molecule has 8 nitrogen and oxygen atoms in total. The standard InChI is InChI=1S/C15H21N5O3S/c16-15(17-8-6-13-4-2-1-3-5-13)18-9-10-19-24(21,22)12-14-7-11-23-20-14/h1-5,7,11,19H,6,8-10,12H2,(H3,16,17,18). The summed E-state index contributed by atoms with van der Waals surface area (Å²) >= 11 is 0. The highest BCUT2D eigenvalue weighted by Crippen LogP contribution is 2.00. The number of nitrogens with zero attached hydrogens (tertiary/aromatic N) is 2. The van der Waals surface area contributed by atoms with Gasteiger partial charge in [-0.15, -0.1) is 0 Å². The van der Waals surface area contributed by atoms with Gasteiger partial charge >= 0.3 is 0 Å². The molecule has 0 atom stereocenters. The molecule has 1 aromatic carbocycles. The van der Waals surface area contributed by atoms with Crippen molar-refractivity contribution in [3.63, 3.8) is 0 Å². The van der Waals surface area contributed by atoms with Crippen LogP contribution in [0.25, 0.3) is 0 Å². The number of guanidine groups is 1. The van der Waals surface area contributed by atoms with Gasteiger partial charge in [-0.1, -0.05) is 35.5 Å². The van der Waals surface area contributed by atoms with Crippen molar-refractivity contribution in [1.29, 1.82) is 0 Å². The smallest absolute Gasteiger partial charge is 0.217 e. The predicted octanol–water partition coefficient (Wildman–Crippen LogP) is 0.241. The van der Waals surface area contributed by atoms with Crippen LogP contribution in [0.4, 0.5) is 0 Å². The minimum atomic E-state index is -3.46. The largest absolute Gasteiger partial charge is 0.370 e. The van der Waals surface area contributed by atoms with E-state index in [4.69, 9.17) is 5.73 Å². The van der Waals surface area contributed by atoms with Crippen molar-refractivity contribution in [1.82, 2.24) is 15.2 Å². The van der Waals surface area contributed by atoms with Gasteiger partial charge in [-0.25, -0.2) is 13.1 Å².